The fraction of sp³-hybridized carbons (Fsp3) is 0.333. The molecular weight excluding hydrogens is 328 g/mol. The average Bonchev–Trinajstić information content (AvgIpc) is 3.09. The predicted molar refractivity (Wildman–Crippen MR) is 90.8 cm³/mol. The van der Waals surface area contributed by atoms with Crippen molar-refractivity contribution in [3.8, 4) is 0 Å². The molecule has 1 aliphatic heterocycles. The minimum absolute atomic E-state index is 0.0416. The van der Waals surface area contributed by atoms with Gasteiger partial charge in [-0.2, -0.15) is 0 Å². The molecule has 0 unspecified atom stereocenters. The van der Waals surface area contributed by atoms with Crippen molar-refractivity contribution >= 4 is 23.5 Å². The highest BCUT2D eigenvalue weighted by Gasteiger charge is 2.39. The maximum Gasteiger partial charge on any atom is 0.354 e. The molecule has 2 aromatic rings. The fourth-order valence-electron chi connectivity index (χ4n) is 3.22. The molecule has 1 amide bonds. The summed E-state index contributed by atoms with van der Waals surface area (Å²) in [6.07, 6.45) is 2.15. The zero-order chi connectivity index (χ0) is 17.3. The maximum atomic E-state index is 12.2. The second-order valence-corrected chi connectivity index (χ2v) is 6.51. The van der Waals surface area contributed by atoms with Gasteiger partial charge in [-0.15, -0.1) is 0 Å². The monoisotopic (exact) mass is 346 g/mol. The Kier molecular flexibility index (Phi) is 4.62. The summed E-state index contributed by atoms with van der Waals surface area (Å²) in [5.41, 5.74) is 1.45. The smallest absolute Gasteiger partial charge is 0.354 e. The molecule has 0 saturated carbocycles. The van der Waals surface area contributed by atoms with Crippen LogP contribution in [0.5, 0.6) is 0 Å². The van der Waals surface area contributed by atoms with E-state index in [1.807, 2.05) is 18.2 Å². The van der Waals surface area contributed by atoms with E-state index in [9.17, 15) is 9.59 Å². The SMILES string of the molecule is CN1C(=O)C[C@H](COC(=O)c2cccn2C)[C@H]1c1cccc(Cl)c1. The summed E-state index contributed by atoms with van der Waals surface area (Å²) in [7, 11) is 3.56. The molecule has 0 bridgehead atoms. The summed E-state index contributed by atoms with van der Waals surface area (Å²) in [4.78, 5) is 26.0. The van der Waals surface area contributed by atoms with Crippen LogP contribution in [0.4, 0.5) is 0 Å². The number of carbonyl (C=O) groups is 2. The number of rotatable bonds is 4. The minimum atomic E-state index is -0.380. The van der Waals surface area contributed by atoms with E-state index in [2.05, 4.69) is 0 Å². The van der Waals surface area contributed by atoms with Crippen molar-refractivity contribution in [2.45, 2.75) is 12.5 Å². The second kappa shape index (κ2) is 6.69. The molecule has 1 fully saturated rings. The molecule has 0 spiro atoms. The highest BCUT2D eigenvalue weighted by molar-refractivity contribution is 6.30. The van der Waals surface area contributed by atoms with E-state index < -0.39 is 0 Å². The Hall–Kier alpha value is -2.27. The lowest BCUT2D eigenvalue weighted by molar-refractivity contribution is -0.127. The first-order valence-corrected chi connectivity index (χ1v) is 8.14. The van der Waals surface area contributed by atoms with Gasteiger partial charge in [0.1, 0.15) is 5.69 Å². The molecule has 1 aromatic carbocycles. The Morgan fingerprint density at radius 2 is 2.08 bits per heavy atom. The number of benzene rings is 1. The topological polar surface area (TPSA) is 51.5 Å². The summed E-state index contributed by atoms with van der Waals surface area (Å²) in [5.74, 6) is -0.431. The number of aromatic nitrogens is 1. The molecule has 2 atom stereocenters. The van der Waals surface area contributed by atoms with Gasteiger partial charge in [-0.25, -0.2) is 4.79 Å². The van der Waals surface area contributed by atoms with Crippen LogP contribution in [0, 0.1) is 5.92 Å². The number of hydrogen-bond acceptors (Lipinski definition) is 3. The van der Waals surface area contributed by atoms with Crippen LogP contribution in [0.3, 0.4) is 0 Å². The summed E-state index contributed by atoms with van der Waals surface area (Å²) in [6, 6.07) is 10.8. The molecule has 0 aliphatic carbocycles. The Morgan fingerprint density at radius 1 is 1.29 bits per heavy atom. The number of ether oxygens (including phenoxy) is 1. The average molecular weight is 347 g/mol. The Labute approximate surface area is 145 Å². The van der Waals surface area contributed by atoms with Crippen LogP contribution in [0.15, 0.2) is 42.6 Å². The number of esters is 1. The molecule has 6 heteroatoms. The lowest BCUT2D eigenvalue weighted by Gasteiger charge is -2.25. The molecule has 1 aromatic heterocycles. The fourth-order valence-corrected chi connectivity index (χ4v) is 3.42. The lowest BCUT2D eigenvalue weighted by Crippen LogP contribution is -2.26. The van der Waals surface area contributed by atoms with Crippen molar-refractivity contribution < 1.29 is 14.3 Å². The van der Waals surface area contributed by atoms with Gasteiger partial charge >= 0.3 is 5.97 Å². The third-order valence-corrected chi connectivity index (χ3v) is 4.70. The number of hydrogen-bond donors (Lipinski definition) is 0. The molecule has 3 rings (SSSR count). The van der Waals surface area contributed by atoms with Crippen molar-refractivity contribution in [1.29, 1.82) is 0 Å². The first kappa shape index (κ1) is 16.6. The van der Waals surface area contributed by atoms with E-state index >= 15 is 0 Å². The van der Waals surface area contributed by atoms with E-state index in [0.29, 0.717) is 17.1 Å². The molecule has 1 aliphatic rings. The van der Waals surface area contributed by atoms with Crippen molar-refractivity contribution in [2.75, 3.05) is 13.7 Å². The molecule has 0 N–H and O–H groups in total. The molecule has 1 saturated heterocycles. The number of carbonyl (C=O) groups excluding carboxylic acids is 2. The van der Waals surface area contributed by atoms with Gasteiger partial charge < -0.3 is 14.2 Å². The number of aryl methyl sites for hydroxylation is 1. The van der Waals surface area contributed by atoms with Gasteiger partial charge in [0.15, 0.2) is 0 Å². The van der Waals surface area contributed by atoms with Crippen LogP contribution in [0.1, 0.15) is 28.5 Å². The molecular formula is C18H19ClN2O3. The normalized spacial score (nSPS) is 20.5. The van der Waals surface area contributed by atoms with Crippen LogP contribution in [-0.4, -0.2) is 35.0 Å². The predicted octanol–water partition coefficient (Wildman–Crippen LogP) is 3.05. The number of halogens is 1. The highest BCUT2D eigenvalue weighted by Crippen LogP contribution is 2.37. The molecule has 0 radical (unpaired) electrons. The first-order chi connectivity index (χ1) is 11.5. The van der Waals surface area contributed by atoms with Crippen LogP contribution in [0.2, 0.25) is 5.02 Å². The van der Waals surface area contributed by atoms with Crippen molar-refractivity contribution in [3.63, 3.8) is 0 Å². The molecule has 5 nitrogen and oxygen atoms in total. The van der Waals surface area contributed by atoms with E-state index in [4.69, 9.17) is 16.3 Å². The van der Waals surface area contributed by atoms with E-state index in [0.717, 1.165) is 5.56 Å². The lowest BCUT2D eigenvalue weighted by atomic mass is 9.94. The van der Waals surface area contributed by atoms with Gasteiger partial charge in [0.05, 0.1) is 12.6 Å². The van der Waals surface area contributed by atoms with Gasteiger partial charge in [-0.05, 0) is 29.8 Å². The van der Waals surface area contributed by atoms with E-state index in [-0.39, 0.29) is 30.4 Å². The molecule has 2 heterocycles. The summed E-state index contributed by atoms with van der Waals surface area (Å²) >= 11 is 6.08. The number of amides is 1. The summed E-state index contributed by atoms with van der Waals surface area (Å²) in [5, 5.41) is 0.625. The van der Waals surface area contributed by atoms with Gasteiger partial charge in [-0.1, -0.05) is 23.7 Å². The van der Waals surface area contributed by atoms with Gasteiger partial charge in [0, 0.05) is 37.7 Å². The largest absolute Gasteiger partial charge is 0.461 e. The second-order valence-electron chi connectivity index (χ2n) is 6.07. The first-order valence-electron chi connectivity index (χ1n) is 7.77. The zero-order valence-electron chi connectivity index (χ0n) is 13.6. The third kappa shape index (κ3) is 3.17. The summed E-state index contributed by atoms with van der Waals surface area (Å²) in [6.45, 7) is 0.192. The number of nitrogens with zero attached hydrogens (tertiary/aromatic N) is 2. The van der Waals surface area contributed by atoms with Crippen molar-refractivity contribution in [2.24, 2.45) is 13.0 Å². The van der Waals surface area contributed by atoms with E-state index in [1.54, 1.807) is 48.0 Å². The Morgan fingerprint density at radius 3 is 2.75 bits per heavy atom. The molecule has 24 heavy (non-hydrogen) atoms. The minimum Gasteiger partial charge on any atom is -0.461 e. The van der Waals surface area contributed by atoms with Gasteiger partial charge in [0.25, 0.3) is 0 Å². The van der Waals surface area contributed by atoms with Crippen LogP contribution < -0.4 is 0 Å². The highest BCUT2D eigenvalue weighted by atomic mass is 35.5. The van der Waals surface area contributed by atoms with Crippen molar-refractivity contribution in [3.05, 3.63) is 58.9 Å². The van der Waals surface area contributed by atoms with Crippen LogP contribution in [-0.2, 0) is 16.6 Å². The Balaban J connectivity index is 1.75. The van der Waals surface area contributed by atoms with Gasteiger partial charge in [-0.3, -0.25) is 4.79 Å². The Bertz CT molecular complexity index is 771. The molecule has 126 valence electrons. The van der Waals surface area contributed by atoms with Gasteiger partial charge in [0.2, 0.25) is 5.91 Å². The zero-order valence-corrected chi connectivity index (χ0v) is 14.4. The maximum absolute atomic E-state index is 12.2. The quantitative estimate of drug-likeness (QED) is 0.799. The third-order valence-electron chi connectivity index (χ3n) is 4.47. The van der Waals surface area contributed by atoms with Crippen molar-refractivity contribution in [1.82, 2.24) is 9.47 Å². The van der Waals surface area contributed by atoms with Crippen LogP contribution >= 0.6 is 11.6 Å². The van der Waals surface area contributed by atoms with E-state index in [1.165, 1.54) is 0 Å². The standard InChI is InChI=1S/C18H19ClN2O3/c1-20-8-4-7-15(20)18(23)24-11-13-10-16(22)21(2)17(13)12-5-3-6-14(19)9-12/h3-9,13,17H,10-11H2,1-2H3/t13-,17-/m1/s1. The number of likely N-dealkylation sites (tertiary alicyclic amines) is 1. The summed E-state index contributed by atoms with van der Waals surface area (Å²) < 4.78 is 7.17. The van der Waals surface area contributed by atoms with Crippen LogP contribution in [0.25, 0.3) is 0 Å².